The highest BCUT2D eigenvalue weighted by Crippen LogP contribution is 2.47. The first-order valence-corrected chi connectivity index (χ1v) is 8.36. The van der Waals surface area contributed by atoms with Crippen LogP contribution in [0.3, 0.4) is 0 Å². The Kier molecular flexibility index (Phi) is 4.69. The van der Waals surface area contributed by atoms with Crippen LogP contribution in [0.25, 0.3) is 0 Å². The van der Waals surface area contributed by atoms with E-state index in [2.05, 4.69) is 51.8 Å². The molecule has 1 aliphatic heterocycles. The minimum absolute atomic E-state index is 0.0280. The fourth-order valence-corrected chi connectivity index (χ4v) is 3.87. The molecule has 1 amide bonds. The van der Waals surface area contributed by atoms with Crippen molar-refractivity contribution in [1.82, 2.24) is 10.2 Å². The summed E-state index contributed by atoms with van der Waals surface area (Å²) in [6.45, 7) is 13.1. The van der Waals surface area contributed by atoms with E-state index in [0.29, 0.717) is 11.8 Å². The molecule has 0 aromatic carbocycles. The third kappa shape index (κ3) is 2.61. The van der Waals surface area contributed by atoms with Crippen molar-refractivity contribution < 1.29 is 9.53 Å². The van der Waals surface area contributed by atoms with Gasteiger partial charge in [0, 0.05) is 18.6 Å². The smallest absolute Gasteiger partial charge is 0.241 e. The normalized spacial score (nSPS) is 37.0. The highest BCUT2D eigenvalue weighted by Gasteiger charge is 2.57. The molecule has 21 heavy (non-hydrogen) atoms. The van der Waals surface area contributed by atoms with Gasteiger partial charge in [0.1, 0.15) is 0 Å². The maximum absolute atomic E-state index is 13.0. The Morgan fingerprint density at radius 2 is 2.00 bits per heavy atom. The van der Waals surface area contributed by atoms with Crippen LogP contribution in [0.2, 0.25) is 0 Å². The molecule has 4 nitrogen and oxygen atoms in total. The highest BCUT2D eigenvalue weighted by atomic mass is 16.5. The van der Waals surface area contributed by atoms with Crippen LogP contribution in [0, 0.1) is 17.3 Å². The van der Waals surface area contributed by atoms with Crippen molar-refractivity contribution in [3.05, 3.63) is 0 Å². The Hall–Kier alpha value is -0.610. The molecule has 0 bridgehead atoms. The fourth-order valence-electron chi connectivity index (χ4n) is 3.87. The van der Waals surface area contributed by atoms with Gasteiger partial charge in [0.25, 0.3) is 0 Å². The first kappa shape index (κ1) is 16.8. The van der Waals surface area contributed by atoms with E-state index in [9.17, 15) is 4.79 Å². The summed E-state index contributed by atoms with van der Waals surface area (Å²) in [6, 6.07) is 0.253. The number of carbonyl (C=O) groups is 1. The van der Waals surface area contributed by atoms with E-state index in [0.717, 1.165) is 12.8 Å². The molecule has 4 heteroatoms. The summed E-state index contributed by atoms with van der Waals surface area (Å²) >= 11 is 0. The molecule has 1 aliphatic carbocycles. The van der Waals surface area contributed by atoms with E-state index < -0.39 is 0 Å². The van der Waals surface area contributed by atoms with Crippen LogP contribution < -0.4 is 5.32 Å². The van der Waals surface area contributed by atoms with E-state index >= 15 is 0 Å². The molecule has 0 aromatic heterocycles. The number of hydrogen-bond acceptors (Lipinski definition) is 3. The molecule has 0 aromatic rings. The molecule has 0 radical (unpaired) electrons. The molecule has 122 valence electrons. The lowest BCUT2D eigenvalue weighted by atomic mass is 9.63. The van der Waals surface area contributed by atoms with Crippen molar-refractivity contribution in [1.29, 1.82) is 0 Å². The minimum Gasteiger partial charge on any atom is -0.381 e. The fraction of sp³-hybridized carbons (Fsp3) is 0.941. The number of ether oxygens (including phenoxy) is 1. The largest absolute Gasteiger partial charge is 0.381 e. The zero-order valence-corrected chi connectivity index (χ0v) is 14.6. The van der Waals surface area contributed by atoms with Crippen molar-refractivity contribution in [3.63, 3.8) is 0 Å². The van der Waals surface area contributed by atoms with Gasteiger partial charge < -0.3 is 9.64 Å². The number of hydrogen-bond donors (Lipinski definition) is 1. The van der Waals surface area contributed by atoms with Crippen LogP contribution in [0.1, 0.15) is 54.4 Å². The van der Waals surface area contributed by atoms with Gasteiger partial charge in [-0.15, -0.1) is 0 Å². The molecule has 0 spiro atoms. The monoisotopic (exact) mass is 296 g/mol. The quantitative estimate of drug-likeness (QED) is 0.848. The van der Waals surface area contributed by atoms with E-state index in [-0.39, 0.29) is 35.7 Å². The number of rotatable bonds is 5. The summed E-state index contributed by atoms with van der Waals surface area (Å²) < 4.78 is 5.56. The highest BCUT2D eigenvalue weighted by molar-refractivity contribution is 5.85. The first-order chi connectivity index (χ1) is 9.75. The number of carbonyl (C=O) groups excluding carboxylic acids is 1. The average molecular weight is 296 g/mol. The van der Waals surface area contributed by atoms with Crippen LogP contribution in [0.5, 0.6) is 0 Å². The first-order valence-electron chi connectivity index (χ1n) is 8.36. The lowest BCUT2D eigenvalue weighted by molar-refractivity contribution is -0.164. The van der Waals surface area contributed by atoms with Crippen molar-refractivity contribution >= 4 is 5.91 Å². The van der Waals surface area contributed by atoms with Crippen molar-refractivity contribution in [3.8, 4) is 0 Å². The Morgan fingerprint density at radius 1 is 1.38 bits per heavy atom. The predicted octanol–water partition coefficient (Wildman–Crippen LogP) is 2.63. The minimum atomic E-state index is -0.0280. The van der Waals surface area contributed by atoms with Crippen LogP contribution in [0.4, 0.5) is 0 Å². The Labute approximate surface area is 129 Å². The molecule has 1 saturated carbocycles. The van der Waals surface area contributed by atoms with E-state index in [4.69, 9.17) is 4.74 Å². The summed E-state index contributed by atoms with van der Waals surface area (Å²) in [6.07, 6.45) is 2.38. The molecule has 5 unspecified atom stereocenters. The number of nitrogens with zero attached hydrogens (tertiary/aromatic N) is 1. The molecular weight excluding hydrogens is 264 g/mol. The van der Waals surface area contributed by atoms with Crippen molar-refractivity contribution in [2.75, 3.05) is 7.11 Å². The van der Waals surface area contributed by atoms with Gasteiger partial charge in [-0.05, 0) is 18.3 Å². The summed E-state index contributed by atoms with van der Waals surface area (Å²) in [4.78, 5) is 15.1. The van der Waals surface area contributed by atoms with Gasteiger partial charge in [-0.2, -0.15) is 0 Å². The van der Waals surface area contributed by atoms with Crippen LogP contribution >= 0.6 is 0 Å². The Balaban J connectivity index is 2.22. The zero-order chi connectivity index (χ0) is 15.9. The van der Waals surface area contributed by atoms with Gasteiger partial charge in [0.15, 0.2) is 0 Å². The summed E-state index contributed by atoms with van der Waals surface area (Å²) in [5, 5.41) is 3.60. The van der Waals surface area contributed by atoms with E-state index in [1.165, 1.54) is 0 Å². The molecule has 2 rings (SSSR count). The second-order valence-electron chi connectivity index (χ2n) is 7.76. The maximum Gasteiger partial charge on any atom is 0.241 e. The van der Waals surface area contributed by atoms with Crippen LogP contribution in [-0.4, -0.2) is 42.3 Å². The van der Waals surface area contributed by atoms with Crippen molar-refractivity contribution in [2.45, 2.75) is 78.7 Å². The third-order valence-electron chi connectivity index (χ3n) is 5.76. The lowest BCUT2D eigenvalue weighted by Crippen LogP contribution is -2.65. The molecular formula is C17H32N2O2. The number of amides is 1. The summed E-state index contributed by atoms with van der Waals surface area (Å²) in [7, 11) is 1.77. The molecule has 1 saturated heterocycles. The van der Waals surface area contributed by atoms with Gasteiger partial charge in [-0.1, -0.05) is 48.0 Å². The Morgan fingerprint density at radius 3 is 2.43 bits per heavy atom. The summed E-state index contributed by atoms with van der Waals surface area (Å²) in [5.74, 6) is 1.08. The lowest BCUT2D eigenvalue weighted by Gasteiger charge is -2.56. The van der Waals surface area contributed by atoms with Gasteiger partial charge >= 0.3 is 0 Å². The number of nitrogens with one attached hydrogen (secondary N) is 1. The Bertz CT molecular complexity index is 394. The second-order valence-corrected chi connectivity index (χ2v) is 7.76. The van der Waals surface area contributed by atoms with Gasteiger partial charge in [-0.25, -0.2) is 0 Å². The maximum atomic E-state index is 13.0. The van der Waals surface area contributed by atoms with Crippen LogP contribution in [-0.2, 0) is 9.53 Å². The molecule has 2 aliphatic rings. The zero-order valence-electron chi connectivity index (χ0n) is 14.6. The van der Waals surface area contributed by atoms with Crippen molar-refractivity contribution in [2.24, 2.45) is 17.3 Å². The predicted molar refractivity (Wildman–Crippen MR) is 84.8 cm³/mol. The number of methoxy groups -OCH3 is 1. The topological polar surface area (TPSA) is 41.6 Å². The van der Waals surface area contributed by atoms with E-state index in [1.54, 1.807) is 7.11 Å². The second kappa shape index (κ2) is 5.88. The third-order valence-corrected chi connectivity index (χ3v) is 5.76. The molecule has 2 fully saturated rings. The van der Waals surface area contributed by atoms with Crippen LogP contribution in [0.15, 0.2) is 0 Å². The SMILES string of the molecule is CCC(C)C1NC(C(C)C)N(C2CC(OC)C2(C)C)C1=O. The summed E-state index contributed by atoms with van der Waals surface area (Å²) in [5.41, 5.74) is 0.0313. The standard InChI is InChI=1S/C17H32N2O2/c1-8-11(4)14-16(20)19(15(18-14)10(2)3)12-9-13(21-7)17(12,5)6/h10-15,18H,8-9H2,1-7H3. The van der Waals surface area contributed by atoms with Gasteiger partial charge in [-0.3, -0.25) is 10.1 Å². The molecule has 1 N–H and O–H groups in total. The molecule has 1 heterocycles. The van der Waals surface area contributed by atoms with Gasteiger partial charge in [0.2, 0.25) is 5.91 Å². The van der Waals surface area contributed by atoms with E-state index in [1.807, 2.05) is 0 Å². The average Bonchev–Trinajstić information content (AvgIpc) is 2.75. The molecule has 5 atom stereocenters. The van der Waals surface area contributed by atoms with Gasteiger partial charge in [0.05, 0.1) is 18.3 Å².